The van der Waals surface area contributed by atoms with E-state index in [9.17, 15) is 23.1 Å². The SMILES string of the molecule is CC(C)(C)NC(=O)[C@@H]1CNCCN1.Cc1ccc(S(=O)(=O)N[C@@H](Cc2ccccc2)C(=O)O)cc1. The highest BCUT2D eigenvalue weighted by molar-refractivity contribution is 7.89. The number of amides is 1. The molecule has 0 unspecified atom stereocenters. The molecule has 0 saturated carbocycles. The van der Waals surface area contributed by atoms with Crippen LogP contribution >= 0.6 is 0 Å². The predicted octanol–water partition coefficient (Wildman–Crippen LogP) is 1.43. The monoisotopic (exact) mass is 504 g/mol. The van der Waals surface area contributed by atoms with E-state index in [1.165, 1.54) is 12.1 Å². The van der Waals surface area contributed by atoms with E-state index in [1.54, 1.807) is 36.4 Å². The van der Waals surface area contributed by atoms with Crippen LogP contribution in [0.3, 0.4) is 0 Å². The second-order valence-corrected chi connectivity index (χ2v) is 11.2. The van der Waals surface area contributed by atoms with Crippen LogP contribution < -0.4 is 20.7 Å². The number of carbonyl (C=O) groups excluding carboxylic acids is 1. The first-order valence-electron chi connectivity index (χ1n) is 11.5. The minimum atomic E-state index is -3.87. The first-order chi connectivity index (χ1) is 16.4. The van der Waals surface area contributed by atoms with Crippen molar-refractivity contribution in [2.45, 2.75) is 56.6 Å². The van der Waals surface area contributed by atoms with Crippen molar-refractivity contribution in [3.63, 3.8) is 0 Å². The molecule has 1 heterocycles. The number of hydrogen-bond acceptors (Lipinski definition) is 6. The summed E-state index contributed by atoms with van der Waals surface area (Å²) in [5.41, 5.74) is 1.54. The lowest BCUT2D eigenvalue weighted by atomic mass is 10.1. The van der Waals surface area contributed by atoms with Crippen LogP contribution in [0.2, 0.25) is 0 Å². The number of carbonyl (C=O) groups is 2. The predicted molar refractivity (Wildman–Crippen MR) is 136 cm³/mol. The Morgan fingerprint density at radius 2 is 1.69 bits per heavy atom. The molecule has 1 aliphatic heterocycles. The van der Waals surface area contributed by atoms with Crippen molar-refractivity contribution < 1.29 is 23.1 Å². The maximum atomic E-state index is 12.3. The van der Waals surface area contributed by atoms with Crippen molar-refractivity contribution >= 4 is 21.9 Å². The second-order valence-electron chi connectivity index (χ2n) is 9.46. The molecule has 0 bridgehead atoms. The van der Waals surface area contributed by atoms with Crippen molar-refractivity contribution in [1.29, 1.82) is 0 Å². The van der Waals surface area contributed by atoms with E-state index in [0.717, 1.165) is 30.8 Å². The highest BCUT2D eigenvalue weighted by Crippen LogP contribution is 2.12. The Bertz CT molecular complexity index is 1060. The zero-order valence-corrected chi connectivity index (χ0v) is 21.5. The third kappa shape index (κ3) is 10.2. The van der Waals surface area contributed by atoms with Gasteiger partial charge in [-0.05, 0) is 51.8 Å². The van der Waals surface area contributed by atoms with Crippen LogP contribution in [-0.2, 0) is 26.0 Å². The molecular formula is C25H36N4O5S. The van der Waals surface area contributed by atoms with E-state index in [4.69, 9.17) is 0 Å². The minimum absolute atomic E-state index is 0.0532. The molecular weight excluding hydrogens is 468 g/mol. The van der Waals surface area contributed by atoms with Crippen LogP contribution in [0.15, 0.2) is 59.5 Å². The number of benzene rings is 2. The van der Waals surface area contributed by atoms with Crippen molar-refractivity contribution in [2.75, 3.05) is 19.6 Å². The molecule has 9 nitrogen and oxygen atoms in total. The van der Waals surface area contributed by atoms with E-state index >= 15 is 0 Å². The molecule has 3 rings (SSSR count). The smallest absolute Gasteiger partial charge is 0.322 e. The van der Waals surface area contributed by atoms with Gasteiger partial charge in [-0.2, -0.15) is 4.72 Å². The minimum Gasteiger partial charge on any atom is -0.480 e. The molecule has 35 heavy (non-hydrogen) atoms. The Kier molecular flexibility index (Phi) is 10.4. The van der Waals surface area contributed by atoms with E-state index in [0.29, 0.717) is 0 Å². The number of aliphatic carboxylic acids is 1. The Labute approximate surface area is 207 Å². The van der Waals surface area contributed by atoms with Crippen LogP contribution in [0.25, 0.3) is 0 Å². The summed E-state index contributed by atoms with van der Waals surface area (Å²) >= 11 is 0. The summed E-state index contributed by atoms with van der Waals surface area (Å²) in [5, 5.41) is 18.6. The molecule has 2 aromatic carbocycles. The van der Waals surface area contributed by atoms with Crippen molar-refractivity contribution in [2.24, 2.45) is 0 Å². The van der Waals surface area contributed by atoms with Gasteiger partial charge in [-0.15, -0.1) is 0 Å². The second kappa shape index (κ2) is 12.8. The lowest BCUT2D eigenvalue weighted by Gasteiger charge is -2.28. The highest BCUT2D eigenvalue weighted by atomic mass is 32.2. The number of carboxylic acids is 1. The number of piperazine rings is 1. The maximum Gasteiger partial charge on any atom is 0.322 e. The van der Waals surface area contributed by atoms with Gasteiger partial charge in [0.2, 0.25) is 15.9 Å². The van der Waals surface area contributed by atoms with Gasteiger partial charge in [0, 0.05) is 25.2 Å². The molecule has 2 atom stereocenters. The molecule has 1 saturated heterocycles. The molecule has 192 valence electrons. The summed E-state index contributed by atoms with van der Waals surface area (Å²) in [4.78, 5) is 23.0. The molecule has 0 aromatic heterocycles. The van der Waals surface area contributed by atoms with Gasteiger partial charge in [0.05, 0.1) is 10.9 Å². The van der Waals surface area contributed by atoms with Crippen LogP contribution in [0.1, 0.15) is 31.9 Å². The Morgan fingerprint density at radius 1 is 1.06 bits per heavy atom. The maximum absolute atomic E-state index is 12.3. The van der Waals surface area contributed by atoms with Gasteiger partial charge in [0.1, 0.15) is 6.04 Å². The van der Waals surface area contributed by atoms with Gasteiger partial charge >= 0.3 is 5.97 Å². The van der Waals surface area contributed by atoms with E-state index in [2.05, 4.69) is 20.7 Å². The van der Waals surface area contributed by atoms with Gasteiger partial charge < -0.3 is 21.1 Å². The molecule has 2 aromatic rings. The van der Waals surface area contributed by atoms with Crippen LogP contribution in [0.5, 0.6) is 0 Å². The van der Waals surface area contributed by atoms with Crippen LogP contribution in [0.4, 0.5) is 0 Å². The number of hydrogen-bond donors (Lipinski definition) is 5. The molecule has 5 N–H and O–H groups in total. The largest absolute Gasteiger partial charge is 0.480 e. The van der Waals surface area contributed by atoms with Crippen molar-refractivity contribution in [3.8, 4) is 0 Å². The third-order valence-electron chi connectivity index (χ3n) is 5.07. The summed E-state index contributed by atoms with van der Waals surface area (Å²) in [7, 11) is -3.87. The zero-order valence-electron chi connectivity index (χ0n) is 20.7. The summed E-state index contributed by atoms with van der Waals surface area (Å²) in [6, 6.07) is 13.9. The molecule has 1 amide bonds. The Hall–Kier alpha value is -2.79. The molecule has 0 aliphatic carbocycles. The van der Waals surface area contributed by atoms with Crippen LogP contribution in [-0.4, -0.2) is 62.7 Å². The Morgan fingerprint density at radius 3 is 2.20 bits per heavy atom. The quantitative estimate of drug-likeness (QED) is 0.385. The van der Waals surface area contributed by atoms with Gasteiger partial charge in [-0.1, -0.05) is 48.0 Å². The highest BCUT2D eigenvalue weighted by Gasteiger charge is 2.26. The van der Waals surface area contributed by atoms with Crippen LogP contribution in [0, 0.1) is 6.92 Å². The number of aryl methyl sites for hydroxylation is 1. The standard InChI is InChI=1S/C16H17NO4S.C9H19N3O/c1-12-7-9-14(10-8-12)22(20,21)17-15(16(18)19)11-13-5-3-2-4-6-13;1-9(2,3)12-8(13)7-6-10-4-5-11-7/h2-10,15,17H,11H2,1H3,(H,18,19);7,10-11H,4-6H2,1-3H3,(H,12,13)/t15-;7-/m00/s1. The average Bonchev–Trinajstić information content (AvgIpc) is 2.79. The van der Waals surface area contributed by atoms with Crippen molar-refractivity contribution in [1.82, 2.24) is 20.7 Å². The molecule has 1 aliphatic rings. The van der Waals surface area contributed by atoms with Gasteiger partial charge in [-0.3, -0.25) is 9.59 Å². The number of rotatable bonds is 7. The normalized spacial score (nSPS) is 17.0. The first-order valence-corrected chi connectivity index (χ1v) is 13.0. The Balaban J connectivity index is 0.000000283. The summed E-state index contributed by atoms with van der Waals surface area (Å²) in [5.74, 6) is -1.13. The lowest BCUT2D eigenvalue weighted by Crippen LogP contribution is -2.58. The van der Waals surface area contributed by atoms with Gasteiger partial charge in [0.25, 0.3) is 0 Å². The topological polar surface area (TPSA) is 137 Å². The fourth-order valence-electron chi connectivity index (χ4n) is 3.30. The fourth-order valence-corrected chi connectivity index (χ4v) is 4.49. The summed E-state index contributed by atoms with van der Waals surface area (Å²) in [6.07, 6.45) is 0.0846. The summed E-state index contributed by atoms with van der Waals surface area (Å²) < 4.78 is 26.8. The zero-order chi connectivity index (χ0) is 26.1. The number of carboxylic acid groups (broad SMARTS) is 1. The van der Waals surface area contributed by atoms with E-state index in [-0.39, 0.29) is 28.8 Å². The first kappa shape index (κ1) is 28.4. The van der Waals surface area contributed by atoms with E-state index < -0.39 is 22.0 Å². The summed E-state index contributed by atoms with van der Waals surface area (Å²) in [6.45, 7) is 10.3. The third-order valence-corrected chi connectivity index (χ3v) is 6.55. The van der Waals surface area contributed by atoms with Gasteiger partial charge in [-0.25, -0.2) is 8.42 Å². The van der Waals surface area contributed by atoms with Gasteiger partial charge in [0.15, 0.2) is 0 Å². The average molecular weight is 505 g/mol. The molecule has 0 spiro atoms. The number of sulfonamides is 1. The fraction of sp³-hybridized carbons (Fsp3) is 0.440. The molecule has 0 radical (unpaired) electrons. The molecule has 10 heteroatoms. The molecule has 1 fully saturated rings. The van der Waals surface area contributed by atoms with E-state index in [1.807, 2.05) is 33.8 Å². The lowest BCUT2D eigenvalue weighted by molar-refractivity contribution is -0.139. The van der Waals surface area contributed by atoms with Crippen molar-refractivity contribution in [3.05, 3.63) is 65.7 Å². The number of nitrogens with one attached hydrogen (secondary N) is 4.